The molecule has 0 radical (unpaired) electrons. The van der Waals surface area contributed by atoms with Crippen molar-refractivity contribution < 1.29 is 52.9 Å². The van der Waals surface area contributed by atoms with Gasteiger partial charge in [-0.2, -0.15) is 0 Å². The smallest absolute Gasteiger partial charge is 0.394 e. The van der Waals surface area contributed by atoms with Gasteiger partial charge in [0.25, 0.3) is 0 Å². The Morgan fingerprint density at radius 1 is 1.03 bits per heavy atom. The number of carbonyl (C=O) groups is 2. The molecule has 0 aromatic rings. The lowest BCUT2D eigenvalue weighted by molar-refractivity contribution is -0.302. The van der Waals surface area contributed by atoms with E-state index in [1.165, 1.54) is 0 Å². The van der Waals surface area contributed by atoms with Gasteiger partial charge in [0, 0.05) is 18.5 Å². The molecule has 1 unspecified atom stereocenters. The van der Waals surface area contributed by atoms with E-state index in [2.05, 4.69) is 10.2 Å². The summed E-state index contributed by atoms with van der Waals surface area (Å²) in [6.07, 6.45) is -8.55. The molecule has 2 rings (SSSR count). The molecule has 14 heteroatoms. The van der Waals surface area contributed by atoms with Crippen LogP contribution in [0.3, 0.4) is 0 Å². The minimum atomic E-state index is -3.42. The molecular formula is C17H31FN2O10P+. The van der Waals surface area contributed by atoms with Gasteiger partial charge in [-0.1, -0.05) is 0 Å². The second kappa shape index (κ2) is 10.3. The van der Waals surface area contributed by atoms with E-state index in [-0.39, 0.29) is 12.1 Å². The Labute approximate surface area is 179 Å². The minimum Gasteiger partial charge on any atom is -0.394 e. The average Bonchev–Trinajstić information content (AvgIpc) is 2.65. The highest BCUT2D eigenvalue weighted by atomic mass is 31.2. The monoisotopic (exact) mass is 473 g/mol. The largest absolute Gasteiger partial charge is 0.527 e. The molecule has 0 aromatic heterocycles. The van der Waals surface area contributed by atoms with E-state index in [4.69, 9.17) is 18.5 Å². The molecule has 2 heterocycles. The molecule has 5 atom stereocenters. The van der Waals surface area contributed by atoms with E-state index in [0.29, 0.717) is 0 Å². The van der Waals surface area contributed by atoms with Gasteiger partial charge < -0.3 is 29.9 Å². The van der Waals surface area contributed by atoms with E-state index in [9.17, 15) is 30.0 Å². The van der Waals surface area contributed by atoms with Gasteiger partial charge in [-0.25, -0.2) is 23.0 Å². The molecule has 31 heavy (non-hydrogen) atoms. The summed E-state index contributed by atoms with van der Waals surface area (Å²) < 4.78 is 35.9. The number of alkyl halides is 1. The van der Waals surface area contributed by atoms with E-state index in [0.717, 1.165) is 0 Å². The fraction of sp³-hybridized carbons (Fsp3) is 0.882. The van der Waals surface area contributed by atoms with Gasteiger partial charge in [0.2, 0.25) is 0 Å². The second-order valence-electron chi connectivity index (χ2n) is 8.00. The lowest BCUT2D eigenvalue weighted by atomic mass is 9.99. The van der Waals surface area contributed by atoms with Crippen LogP contribution in [0, 0.1) is 0 Å². The van der Waals surface area contributed by atoms with E-state index < -0.39 is 76.0 Å². The molecule has 0 aliphatic carbocycles. The van der Waals surface area contributed by atoms with Crippen LogP contribution >= 0.6 is 8.02 Å². The van der Waals surface area contributed by atoms with Crippen LogP contribution in [0.25, 0.3) is 0 Å². The zero-order valence-corrected chi connectivity index (χ0v) is 18.6. The molecule has 6 N–H and O–H groups in total. The lowest BCUT2D eigenvalue weighted by Gasteiger charge is -2.39. The predicted octanol–water partition coefficient (Wildman–Crippen LogP) is -1.33. The Bertz CT molecular complexity index is 622. The molecule has 2 saturated heterocycles. The zero-order valence-electron chi connectivity index (χ0n) is 17.7. The molecule has 0 bridgehead atoms. The van der Waals surface area contributed by atoms with Crippen LogP contribution in [0.1, 0.15) is 34.1 Å². The Morgan fingerprint density at radius 2 is 1.55 bits per heavy atom. The highest BCUT2D eigenvalue weighted by Crippen LogP contribution is 2.59. The quantitative estimate of drug-likeness (QED) is 0.172. The SMILES string of the molecule is CC(C)N[P+]1(NC(C)C)OC(=O)C(F)(CCOC2O[C@H](CO)[C@H](O)[C@H](O)[C@H]2O)C(=O)O1. The third kappa shape index (κ3) is 5.86. The van der Waals surface area contributed by atoms with Gasteiger partial charge in [0.05, 0.1) is 13.2 Å². The van der Waals surface area contributed by atoms with Gasteiger partial charge in [-0.05, 0) is 27.7 Å². The summed E-state index contributed by atoms with van der Waals surface area (Å²) in [6, 6.07) is -0.497. The summed E-state index contributed by atoms with van der Waals surface area (Å²) in [5, 5.41) is 44.3. The summed E-state index contributed by atoms with van der Waals surface area (Å²) in [5.41, 5.74) is -3.16. The van der Waals surface area contributed by atoms with Crippen LogP contribution in [-0.2, 0) is 28.1 Å². The van der Waals surface area contributed by atoms with Crippen LogP contribution in [0.2, 0.25) is 0 Å². The van der Waals surface area contributed by atoms with E-state index in [1.54, 1.807) is 27.7 Å². The second-order valence-corrected chi connectivity index (χ2v) is 9.98. The molecule has 0 spiro atoms. The third-order valence-corrected chi connectivity index (χ3v) is 7.06. The number of hydrogen-bond donors (Lipinski definition) is 6. The fourth-order valence-electron chi connectivity index (χ4n) is 3.03. The van der Waals surface area contributed by atoms with Crippen LogP contribution < -0.4 is 10.2 Å². The number of aliphatic hydroxyl groups excluding tert-OH is 4. The maximum Gasteiger partial charge on any atom is 0.527 e. The lowest BCUT2D eigenvalue weighted by Crippen LogP contribution is -2.59. The normalized spacial score (nSPS) is 32.8. The highest BCUT2D eigenvalue weighted by molar-refractivity contribution is 7.63. The standard InChI is InChI=1S/C17H31FN2O10P/c1-8(2)19-31(20-9(3)4)29-15(25)17(18,16(26)30-31)5-6-27-14-13(24)12(23)11(22)10(7-21)28-14/h8-14,19-24H,5-7H2,1-4H3/q+1/t10-,11+,12+,13-,14?/m1/s1. The number of hydrogen-bond acceptors (Lipinski definition) is 12. The summed E-state index contributed by atoms with van der Waals surface area (Å²) >= 11 is 0. The Balaban J connectivity index is 2.04. The van der Waals surface area contributed by atoms with E-state index in [1.807, 2.05) is 0 Å². The first-order valence-electron chi connectivity index (χ1n) is 9.89. The summed E-state index contributed by atoms with van der Waals surface area (Å²) in [5.74, 6) is -2.90. The first-order chi connectivity index (χ1) is 14.3. The Morgan fingerprint density at radius 3 is 2.00 bits per heavy atom. The van der Waals surface area contributed by atoms with Gasteiger partial charge in [-0.3, -0.25) is 0 Å². The van der Waals surface area contributed by atoms with Crippen molar-refractivity contribution in [3.8, 4) is 0 Å². The van der Waals surface area contributed by atoms with Crippen LogP contribution in [0.5, 0.6) is 0 Å². The topological polar surface area (TPSA) is 176 Å². The third-order valence-electron chi connectivity index (χ3n) is 4.50. The molecule has 2 aliphatic rings. The minimum absolute atomic E-state index is 0.248. The van der Waals surface area contributed by atoms with Crippen LogP contribution in [0.4, 0.5) is 4.39 Å². The number of nitrogens with one attached hydrogen (secondary N) is 2. The number of carbonyl (C=O) groups excluding carboxylic acids is 2. The van der Waals surface area contributed by atoms with Gasteiger partial charge in [0.1, 0.15) is 24.4 Å². The zero-order chi connectivity index (χ0) is 23.6. The van der Waals surface area contributed by atoms with Crippen molar-refractivity contribution >= 4 is 20.0 Å². The molecule has 2 aliphatic heterocycles. The molecule has 0 saturated carbocycles. The van der Waals surface area contributed by atoms with Crippen molar-refractivity contribution in [2.75, 3.05) is 13.2 Å². The van der Waals surface area contributed by atoms with Crippen molar-refractivity contribution in [2.24, 2.45) is 0 Å². The molecule has 0 amide bonds. The van der Waals surface area contributed by atoms with Crippen molar-refractivity contribution in [1.29, 1.82) is 0 Å². The molecule has 0 aromatic carbocycles. The van der Waals surface area contributed by atoms with Gasteiger partial charge in [0.15, 0.2) is 6.29 Å². The number of halogens is 1. The number of rotatable bonds is 9. The summed E-state index contributed by atoms with van der Waals surface area (Å²) in [6.45, 7) is 5.65. The summed E-state index contributed by atoms with van der Waals surface area (Å²) in [7, 11) is -3.42. The molecule has 180 valence electrons. The first kappa shape index (κ1) is 26.2. The molecule has 2 fully saturated rings. The number of aliphatic hydroxyl groups is 4. The Kier molecular flexibility index (Phi) is 8.70. The predicted molar refractivity (Wildman–Crippen MR) is 104 cm³/mol. The maximum atomic E-state index is 15.2. The summed E-state index contributed by atoms with van der Waals surface area (Å²) in [4.78, 5) is 24.9. The van der Waals surface area contributed by atoms with Crippen molar-refractivity contribution in [3.05, 3.63) is 0 Å². The van der Waals surface area contributed by atoms with Crippen molar-refractivity contribution in [2.45, 2.75) is 82.6 Å². The fourth-order valence-corrected chi connectivity index (χ4v) is 5.47. The molecular weight excluding hydrogens is 442 g/mol. The van der Waals surface area contributed by atoms with Gasteiger partial charge >= 0.3 is 25.6 Å². The van der Waals surface area contributed by atoms with Crippen molar-refractivity contribution in [3.63, 3.8) is 0 Å². The van der Waals surface area contributed by atoms with Crippen LogP contribution in [-0.4, -0.2) is 94.0 Å². The average molecular weight is 473 g/mol. The molecule has 12 nitrogen and oxygen atoms in total. The highest BCUT2D eigenvalue weighted by Gasteiger charge is 2.67. The van der Waals surface area contributed by atoms with E-state index >= 15 is 4.39 Å². The van der Waals surface area contributed by atoms with Gasteiger partial charge in [-0.15, -0.1) is 10.2 Å². The Hall–Kier alpha value is -1.02. The van der Waals surface area contributed by atoms with Crippen molar-refractivity contribution in [1.82, 2.24) is 10.2 Å². The van der Waals surface area contributed by atoms with Crippen LogP contribution in [0.15, 0.2) is 0 Å². The maximum absolute atomic E-state index is 15.2. The first-order valence-corrected chi connectivity index (χ1v) is 11.5. The number of ether oxygens (including phenoxy) is 2.